The van der Waals surface area contributed by atoms with Crippen LogP contribution in [0.3, 0.4) is 0 Å². The highest BCUT2D eigenvalue weighted by molar-refractivity contribution is 5.87. The molecule has 7 atom stereocenters. The van der Waals surface area contributed by atoms with Crippen LogP contribution < -0.4 is 0 Å². The van der Waals surface area contributed by atoms with E-state index in [-0.39, 0.29) is 12.7 Å². The minimum atomic E-state index is -0.390. The van der Waals surface area contributed by atoms with Crippen LogP contribution in [-0.4, -0.2) is 28.7 Å². The van der Waals surface area contributed by atoms with Crippen molar-refractivity contribution in [3.05, 3.63) is 0 Å². The van der Waals surface area contributed by atoms with Gasteiger partial charge < -0.3 is 10.2 Å². The summed E-state index contributed by atoms with van der Waals surface area (Å²) in [4.78, 5) is 12.4. The molecule has 0 heterocycles. The van der Waals surface area contributed by atoms with Gasteiger partial charge in [0.25, 0.3) is 0 Å². The lowest BCUT2D eigenvalue weighted by Gasteiger charge is -2.60. The summed E-state index contributed by atoms with van der Waals surface area (Å²) in [5.74, 6) is 2.76. The summed E-state index contributed by atoms with van der Waals surface area (Å²) in [6.07, 6.45) is 9.10. The molecular formula is C19H30O3. The molecule has 0 unspecified atom stereocenters. The maximum Gasteiger partial charge on any atom is 0.141 e. The maximum absolute atomic E-state index is 12.4. The van der Waals surface area contributed by atoms with Gasteiger partial charge in [0, 0.05) is 6.42 Å². The monoisotopic (exact) mass is 306 g/mol. The van der Waals surface area contributed by atoms with Crippen LogP contribution in [0.25, 0.3) is 0 Å². The summed E-state index contributed by atoms with van der Waals surface area (Å²) < 4.78 is 0. The third kappa shape index (κ3) is 1.84. The number of rotatable bonds is 1. The Morgan fingerprint density at radius 2 is 1.91 bits per heavy atom. The third-order valence-corrected chi connectivity index (χ3v) is 8.37. The third-order valence-electron chi connectivity index (χ3n) is 8.37. The smallest absolute Gasteiger partial charge is 0.141 e. The fourth-order valence-corrected chi connectivity index (χ4v) is 7.11. The van der Waals surface area contributed by atoms with Crippen molar-refractivity contribution in [3.63, 3.8) is 0 Å². The highest BCUT2D eigenvalue weighted by Crippen LogP contribution is 2.65. The van der Waals surface area contributed by atoms with Crippen molar-refractivity contribution in [2.24, 2.45) is 34.5 Å². The second-order valence-corrected chi connectivity index (χ2v) is 8.90. The van der Waals surface area contributed by atoms with Gasteiger partial charge in [-0.3, -0.25) is 4.79 Å². The van der Waals surface area contributed by atoms with E-state index in [0.717, 1.165) is 38.5 Å². The fourth-order valence-electron chi connectivity index (χ4n) is 7.11. The van der Waals surface area contributed by atoms with Crippen LogP contribution in [0.2, 0.25) is 0 Å². The molecule has 4 aliphatic carbocycles. The van der Waals surface area contributed by atoms with Crippen molar-refractivity contribution in [2.45, 2.75) is 70.8 Å². The van der Waals surface area contributed by atoms with E-state index in [2.05, 4.69) is 6.92 Å². The molecule has 0 aromatic rings. The molecule has 3 nitrogen and oxygen atoms in total. The molecule has 0 aromatic heterocycles. The van der Waals surface area contributed by atoms with Gasteiger partial charge in [-0.1, -0.05) is 6.92 Å². The fraction of sp³-hybridized carbons (Fsp3) is 0.947. The van der Waals surface area contributed by atoms with Gasteiger partial charge in [0.1, 0.15) is 5.78 Å². The molecule has 3 heteroatoms. The molecule has 124 valence electrons. The highest BCUT2D eigenvalue weighted by Gasteiger charge is 2.61. The number of Topliss-reactive ketones (excluding diaryl/α,β-unsaturated/α-hetero) is 1. The standard InChI is InChI=1S/C19H30O3/c1-18-8-6-13(21)10-12(18)2-3-14-15(18)7-9-19(11-20)16(14)4-5-17(19)22/h12-16,20-21H,2-11H2,1H3/t12-,13-,14+,15+,16-,18-,19+/m0/s1. The molecule has 22 heavy (non-hydrogen) atoms. The molecule has 0 aromatic carbocycles. The lowest BCUT2D eigenvalue weighted by molar-refractivity contribution is -0.150. The van der Waals surface area contributed by atoms with Gasteiger partial charge in [-0.2, -0.15) is 0 Å². The second kappa shape index (κ2) is 5.04. The Kier molecular flexibility index (Phi) is 3.47. The number of carbonyl (C=O) groups excluding carboxylic acids is 1. The van der Waals surface area contributed by atoms with E-state index in [9.17, 15) is 15.0 Å². The Morgan fingerprint density at radius 3 is 2.68 bits per heavy atom. The zero-order chi connectivity index (χ0) is 15.5. The first kappa shape index (κ1) is 15.1. The number of hydrogen-bond donors (Lipinski definition) is 2. The van der Waals surface area contributed by atoms with E-state index < -0.39 is 5.41 Å². The predicted octanol–water partition coefficient (Wildman–Crippen LogP) is 2.93. The SMILES string of the molecule is C[C@]12CC[C@H](O)C[C@@H]1CC[C@@H]1[C@H]2CC[C@]2(CO)C(=O)CC[C@@H]12. The van der Waals surface area contributed by atoms with Crippen molar-refractivity contribution in [1.29, 1.82) is 0 Å². The van der Waals surface area contributed by atoms with E-state index in [1.807, 2.05) is 0 Å². The van der Waals surface area contributed by atoms with Crippen molar-refractivity contribution in [1.82, 2.24) is 0 Å². The summed E-state index contributed by atoms with van der Waals surface area (Å²) >= 11 is 0. The Balaban J connectivity index is 1.64. The number of ketones is 1. The number of aliphatic hydroxyl groups excluding tert-OH is 2. The maximum atomic E-state index is 12.4. The molecule has 2 N–H and O–H groups in total. The van der Waals surface area contributed by atoms with Crippen LogP contribution in [0.5, 0.6) is 0 Å². The topological polar surface area (TPSA) is 57.5 Å². The van der Waals surface area contributed by atoms with Crippen LogP contribution in [0, 0.1) is 34.5 Å². The lowest BCUT2D eigenvalue weighted by atomic mass is 9.45. The van der Waals surface area contributed by atoms with E-state index in [1.165, 1.54) is 12.8 Å². The largest absolute Gasteiger partial charge is 0.395 e. The normalized spacial score (nSPS) is 54.5. The van der Waals surface area contributed by atoms with Crippen molar-refractivity contribution in [3.8, 4) is 0 Å². The molecule has 0 radical (unpaired) electrons. The van der Waals surface area contributed by atoms with E-state index in [0.29, 0.717) is 41.3 Å². The first-order valence-electron chi connectivity index (χ1n) is 9.33. The molecule has 4 saturated carbocycles. The molecule has 4 aliphatic rings. The number of hydrogen-bond acceptors (Lipinski definition) is 3. The first-order chi connectivity index (χ1) is 10.5. The van der Waals surface area contributed by atoms with Crippen molar-refractivity contribution in [2.75, 3.05) is 6.61 Å². The zero-order valence-electron chi connectivity index (χ0n) is 13.8. The lowest BCUT2D eigenvalue weighted by Crippen LogP contribution is -2.55. The van der Waals surface area contributed by atoms with E-state index in [4.69, 9.17) is 0 Å². The van der Waals surface area contributed by atoms with Crippen LogP contribution in [0.15, 0.2) is 0 Å². The van der Waals surface area contributed by atoms with E-state index >= 15 is 0 Å². The molecule has 0 saturated heterocycles. The summed E-state index contributed by atoms with van der Waals surface area (Å²) in [5, 5.41) is 20.0. The summed E-state index contributed by atoms with van der Waals surface area (Å²) in [6.45, 7) is 2.53. The zero-order valence-corrected chi connectivity index (χ0v) is 13.8. The predicted molar refractivity (Wildman–Crippen MR) is 84.2 cm³/mol. The van der Waals surface area contributed by atoms with Crippen molar-refractivity contribution >= 4 is 5.78 Å². The van der Waals surface area contributed by atoms with Gasteiger partial charge in [0.2, 0.25) is 0 Å². The van der Waals surface area contributed by atoms with Gasteiger partial charge >= 0.3 is 0 Å². The quantitative estimate of drug-likeness (QED) is 0.783. The average molecular weight is 306 g/mol. The summed E-state index contributed by atoms with van der Waals surface area (Å²) in [7, 11) is 0. The number of aliphatic hydroxyl groups is 2. The van der Waals surface area contributed by atoms with Crippen LogP contribution >= 0.6 is 0 Å². The van der Waals surface area contributed by atoms with Crippen molar-refractivity contribution < 1.29 is 15.0 Å². The van der Waals surface area contributed by atoms with Crippen LogP contribution in [-0.2, 0) is 4.79 Å². The molecule has 0 aliphatic heterocycles. The van der Waals surface area contributed by atoms with Gasteiger partial charge in [-0.15, -0.1) is 0 Å². The minimum Gasteiger partial charge on any atom is -0.395 e. The van der Waals surface area contributed by atoms with Crippen LogP contribution in [0.4, 0.5) is 0 Å². The molecule has 0 spiro atoms. The Labute approximate surface area is 133 Å². The molecule has 4 fully saturated rings. The van der Waals surface area contributed by atoms with E-state index in [1.54, 1.807) is 0 Å². The van der Waals surface area contributed by atoms with Gasteiger partial charge in [0.15, 0.2) is 0 Å². The highest BCUT2D eigenvalue weighted by atomic mass is 16.3. The first-order valence-corrected chi connectivity index (χ1v) is 9.33. The minimum absolute atomic E-state index is 0.0680. The van der Waals surface area contributed by atoms with Crippen LogP contribution in [0.1, 0.15) is 64.7 Å². The molecule has 4 rings (SSSR count). The molecule has 0 bridgehead atoms. The van der Waals surface area contributed by atoms with Gasteiger partial charge in [0.05, 0.1) is 18.1 Å². The molecule has 0 amide bonds. The number of carbonyl (C=O) groups is 1. The Hall–Kier alpha value is -0.410. The summed E-state index contributed by atoms with van der Waals surface area (Å²) in [6, 6.07) is 0. The Morgan fingerprint density at radius 1 is 1.09 bits per heavy atom. The van der Waals surface area contributed by atoms with Gasteiger partial charge in [-0.25, -0.2) is 0 Å². The molecular weight excluding hydrogens is 276 g/mol. The second-order valence-electron chi connectivity index (χ2n) is 8.90. The average Bonchev–Trinajstić information content (AvgIpc) is 2.86. The number of fused-ring (bicyclic) bond motifs is 5. The van der Waals surface area contributed by atoms with Gasteiger partial charge in [-0.05, 0) is 80.5 Å². The Bertz CT molecular complexity index is 475. The summed E-state index contributed by atoms with van der Waals surface area (Å²) in [5.41, 5.74) is -0.0338.